The number of para-hydroxylation sites is 2. The van der Waals surface area contributed by atoms with E-state index in [0.717, 1.165) is 20.8 Å². The van der Waals surface area contributed by atoms with Crippen molar-refractivity contribution < 1.29 is 13.2 Å². The summed E-state index contributed by atoms with van der Waals surface area (Å²) in [6.07, 6.45) is 0. The molecule has 5 nitrogen and oxygen atoms in total. The maximum Gasteiger partial charge on any atom is 0.257 e. The highest BCUT2D eigenvalue weighted by atomic mass is 32.2. The first-order chi connectivity index (χ1) is 14.0. The normalized spacial score (nSPS) is 11.5. The van der Waals surface area contributed by atoms with Gasteiger partial charge in [0.1, 0.15) is 5.01 Å². The molecule has 1 N–H and O–H groups in total. The molecule has 0 aliphatic heterocycles. The lowest BCUT2D eigenvalue weighted by molar-refractivity contribution is 0.102. The summed E-state index contributed by atoms with van der Waals surface area (Å²) in [6.45, 7) is 1.56. The fraction of sp³-hybridized carbons (Fsp3) is 0.0909. The second kappa shape index (κ2) is 7.77. The minimum Gasteiger partial charge on any atom is -0.321 e. The average Bonchev–Trinajstić information content (AvgIpc) is 3.18. The van der Waals surface area contributed by atoms with E-state index in [1.54, 1.807) is 36.5 Å². The Morgan fingerprint density at radius 1 is 0.966 bits per heavy atom. The fourth-order valence-electron chi connectivity index (χ4n) is 3.04. The summed E-state index contributed by atoms with van der Waals surface area (Å²) >= 11 is 1.54. The molecule has 0 saturated heterocycles. The lowest BCUT2D eigenvalue weighted by atomic mass is 10.1. The molecule has 7 heteroatoms. The van der Waals surface area contributed by atoms with Crippen molar-refractivity contribution in [3.8, 4) is 10.6 Å². The van der Waals surface area contributed by atoms with Crippen molar-refractivity contribution in [3.05, 3.63) is 78.4 Å². The van der Waals surface area contributed by atoms with Gasteiger partial charge in [-0.3, -0.25) is 4.79 Å². The number of aromatic nitrogens is 1. The van der Waals surface area contributed by atoms with E-state index in [1.807, 2.05) is 42.5 Å². The topological polar surface area (TPSA) is 76.1 Å². The van der Waals surface area contributed by atoms with Crippen LogP contribution in [0.2, 0.25) is 0 Å². The number of sulfone groups is 1. The monoisotopic (exact) mass is 422 g/mol. The number of nitrogens with one attached hydrogen (secondary N) is 1. The maximum atomic E-state index is 13.0. The number of carbonyl (C=O) groups excluding carboxylic acids is 1. The van der Waals surface area contributed by atoms with Crippen LogP contribution in [0.15, 0.2) is 77.7 Å². The molecule has 0 spiro atoms. The third kappa shape index (κ3) is 3.79. The molecule has 0 atom stereocenters. The van der Waals surface area contributed by atoms with E-state index in [0.29, 0.717) is 5.69 Å². The Labute approximate surface area is 173 Å². The second-order valence-electron chi connectivity index (χ2n) is 6.39. The first-order valence-electron chi connectivity index (χ1n) is 9.07. The number of hydrogen-bond acceptors (Lipinski definition) is 5. The summed E-state index contributed by atoms with van der Waals surface area (Å²) in [5, 5.41) is 3.66. The van der Waals surface area contributed by atoms with Crippen LogP contribution in [-0.2, 0) is 9.84 Å². The zero-order chi connectivity index (χ0) is 20.4. The average molecular weight is 423 g/mol. The van der Waals surface area contributed by atoms with E-state index in [9.17, 15) is 13.2 Å². The number of hydrogen-bond donors (Lipinski definition) is 1. The van der Waals surface area contributed by atoms with Gasteiger partial charge < -0.3 is 5.32 Å². The van der Waals surface area contributed by atoms with Gasteiger partial charge in [-0.1, -0.05) is 43.3 Å². The summed E-state index contributed by atoms with van der Waals surface area (Å²) in [7, 11) is -3.52. The molecule has 0 fully saturated rings. The zero-order valence-corrected chi connectivity index (χ0v) is 17.3. The number of nitrogens with zero attached hydrogens (tertiary/aromatic N) is 1. The third-order valence-electron chi connectivity index (χ3n) is 4.55. The van der Waals surface area contributed by atoms with Gasteiger partial charge in [0.25, 0.3) is 5.91 Å². The highest BCUT2D eigenvalue weighted by Crippen LogP contribution is 2.34. The van der Waals surface area contributed by atoms with Gasteiger partial charge in [0.2, 0.25) is 0 Å². The highest BCUT2D eigenvalue weighted by Gasteiger charge is 2.21. The van der Waals surface area contributed by atoms with E-state index in [-0.39, 0.29) is 16.2 Å². The number of fused-ring (bicyclic) bond motifs is 1. The number of anilines is 1. The smallest absolute Gasteiger partial charge is 0.257 e. The van der Waals surface area contributed by atoms with Gasteiger partial charge in [0.05, 0.1) is 32.1 Å². The van der Waals surface area contributed by atoms with Crippen molar-refractivity contribution in [3.63, 3.8) is 0 Å². The second-order valence-corrected chi connectivity index (χ2v) is 9.66. The van der Waals surface area contributed by atoms with Gasteiger partial charge in [-0.05, 0) is 36.4 Å². The van der Waals surface area contributed by atoms with Gasteiger partial charge in [0.15, 0.2) is 9.84 Å². The van der Waals surface area contributed by atoms with Crippen molar-refractivity contribution in [2.75, 3.05) is 11.1 Å². The molecule has 1 aromatic heterocycles. The fourth-order valence-corrected chi connectivity index (χ4v) is 5.13. The van der Waals surface area contributed by atoms with Crippen molar-refractivity contribution in [2.24, 2.45) is 0 Å². The summed E-state index contributed by atoms with van der Waals surface area (Å²) in [5.41, 5.74) is 2.40. The zero-order valence-electron chi connectivity index (χ0n) is 15.6. The third-order valence-corrected chi connectivity index (χ3v) is 7.40. The van der Waals surface area contributed by atoms with Crippen LogP contribution < -0.4 is 5.32 Å². The number of carbonyl (C=O) groups is 1. The number of rotatable bonds is 5. The van der Waals surface area contributed by atoms with Gasteiger partial charge in [-0.2, -0.15) is 0 Å². The Bertz CT molecular complexity index is 1280. The first kappa shape index (κ1) is 19.3. The van der Waals surface area contributed by atoms with E-state index < -0.39 is 15.7 Å². The number of thiazole rings is 1. The minimum atomic E-state index is -3.52. The standard InChI is InChI=1S/C22H18N2O3S2/c1-2-29(26,27)20-14-8-4-10-16(20)21(25)23-17-11-5-3-9-15(17)22-24-18-12-6-7-13-19(18)28-22/h3-14H,2H2,1H3,(H,23,25). The Hall–Kier alpha value is -3.03. The van der Waals surface area contributed by atoms with Gasteiger partial charge >= 0.3 is 0 Å². The van der Waals surface area contributed by atoms with Crippen LogP contribution in [-0.4, -0.2) is 25.1 Å². The Morgan fingerprint density at radius 3 is 2.45 bits per heavy atom. The summed E-state index contributed by atoms with van der Waals surface area (Å²) in [5.74, 6) is -0.536. The summed E-state index contributed by atoms with van der Waals surface area (Å²) in [4.78, 5) is 17.7. The molecule has 4 aromatic rings. The molecule has 29 heavy (non-hydrogen) atoms. The molecule has 0 saturated carbocycles. The number of benzene rings is 3. The van der Waals surface area contributed by atoms with Crippen molar-refractivity contribution >= 4 is 43.0 Å². The molecule has 0 unspecified atom stereocenters. The summed E-state index contributed by atoms with van der Waals surface area (Å²) < 4.78 is 25.8. The van der Waals surface area contributed by atoms with Gasteiger partial charge in [-0.25, -0.2) is 13.4 Å². The molecule has 0 bridgehead atoms. The molecular weight excluding hydrogens is 404 g/mol. The van der Waals surface area contributed by atoms with Crippen LogP contribution in [0.4, 0.5) is 5.69 Å². The molecule has 0 aliphatic carbocycles. The van der Waals surface area contributed by atoms with Crippen LogP contribution in [0.25, 0.3) is 20.8 Å². The molecule has 4 rings (SSSR count). The van der Waals surface area contributed by atoms with E-state index in [1.165, 1.54) is 12.1 Å². The summed E-state index contributed by atoms with van der Waals surface area (Å²) in [6, 6.07) is 21.5. The number of amides is 1. The highest BCUT2D eigenvalue weighted by molar-refractivity contribution is 7.91. The maximum absolute atomic E-state index is 13.0. The predicted molar refractivity (Wildman–Crippen MR) is 117 cm³/mol. The van der Waals surface area contributed by atoms with Crippen LogP contribution in [0.5, 0.6) is 0 Å². The van der Waals surface area contributed by atoms with Crippen molar-refractivity contribution in [1.82, 2.24) is 4.98 Å². The molecule has 1 heterocycles. The molecule has 0 radical (unpaired) electrons. The Kier molecular flexibility index (Phi) is 5.17. The molecular formula is C22H18N2O3S2. The van der Waals surface area contributed by atoms with Crippen LogP contribution in [0.3, 0.4) is 0 Å². The molecule has 1 amide bonds. The quantitative estimate of drug-likeness (QED) is 0.491. The Morgan fingerprint density at radius 2 is 1.66 bits per heavy atom. The van der Waals surface area contributed by atoms with Crippen molar-refractivity contribution in [1.29, 1.82) is 0 Å². The van der Waals surface area contributed by atoms with Gasteiger partial charge in [-0.15, -0.1) is 11.3 Å². The molecule has 3 aromatic carbocycles. The van der Waals surface area contributed by atoms with Gasteiger partial charge in [0, 0.05) is 5.56 Å². The molecule has 0 aliphatic rings. The Balaban J connectivity index is 1.73. The van der Waals surface area contributed by atoms with Crippen molar-refractivity contribution in [2.45, 2.75) is 11.8 Å². The lowest BCUT2D eigenvalue weighted by Crippen LogP contribution is -2.17. The molecule has 146 valence electrons. The SMILES string of the molecule is CCS(=O)(=O)c1ccccc1C(=O)Nc1ccccc1-c1nc2ccccc2s1. The van der Waals surface area contributed by atoms with E-state index in [2.05, 4.69) is 10.3 Å². The first-order valence-corrected chi connectivity index (χ1v) is 11.5. The largest absolute Gasteiger partial charge is 0.321 e. The predicted octanol–water partition coefficient (Wildman–Crippen LogP) is 5.01. The lowest BCUT2D eigenvalue weighted by Gasteiger charge is -2.12. The minimum absolute atomic E-state index is 0.0393. The van der Waals surface area contributed by atoms with Crippen LogP contribution >= 0.6 is 11.3 Å². The van der Waals surface area contributed by atoms with Crippen LogP contribution in [0, 0.1) is 0 Å². The van der Waals surface area contributed by atoms with E-state index >= 15 is 0 Å². The van der Waals surface area contributed by atoms with E-state index in [4.69, 9.17) is 0 Å². The van der Waals surface area contributed by atoms with Crippen LogP contribution in [0.1, 0.15) is 17.3 Å².